The van der Waals surface area contributed by atoms with E-state index < -0.39 is 0 Å². The maximum atomic E-state index is 13.0. The minimum atomic E-state index is -0.278. The van der Waals surface area contributed by atoms with Gasteiger partial charge in [0.15, 0.2) is 0 Å². The lowest BCUT2D eigenvalue weighted by atomic mass is 9.88. The summed E-state index contributed by atoms with van der Waals surface area (Å²) in [4.78, 5) is 0. The molecule has 1 atom stereocenters. The average molecular weight is 244 g/mol. The molecule has 0 fully saturated rings. The molecule has 1 nitrogen and oxygen atoms in total. The normalized spacial score (nSPS) is 13.1. The number of hydrogen-bond acceptors (Lipinski definition) is 1. The Kier molecular flexibility index (Phi) is 5.23. The fourth-order valence-electron chi connectivity index (χ4n) is 1.81. The zero-order valence-electron chi connectivity index (χ0n) is 10.1. The molecule has 0 aromatic heterocycles. The van der Waals surface area contributed by atoms with Gasteiger partial charge in [0.05, 0.1) is 0 Å². The van der Waals surface area contributed by atoms with Crippen molar-refractivity contribution in [3.63, 3.8) is 0 Å². The summed E-state index contributed by atoms with van der Waals surface area (Å²) in [6, 6.07) is 4.65. The first-order valence-corrected chi connectivity index (χ1v) is 6.09. The molecule has 0 aliphatic carbocycles. The van der Waals surface area contributed by atoms with Crippen LogP contribution in [-0.4, -0.2) is 13.1 Å². The summed E-state index contributed by atoms with van der Waals surface area (Å²) in [5.41, 5.74) is 1.03. The lowest BCUT2D eigenvalue weighted by Gasteiger charge is -2.22. The first kappa shape index (κ1) is 13.5. The van der Waals surface area contributed by atoms with Gasteiger partial charge in [-0.1, -0.05) is 38.4 Å². The maximum absolute atomic E-state index is 13.0. The summed E-state index contributed by atoms with van der Waals surface area (Å²) in [6.07, 6.45) is 0. The summed E-state index contributed by atoms with van der Waals surface area (Å²) >= 11 is 6.08. The van der Waals surface area contributed by atoms with Crippen LogP contribution in [-0.2, 0) is 0 Å². The van der Waals surface area contributed by atoms with Gasteiger partial charge >= 0.3 is 0 Å². The summed E-state index contributed by atoms with van der Waals surface area (Å²) in [5.74, 6) is 0.523. The molecule has 1 aromatic carbocycles. The van der Waals surface area contributed by atoms with Gasteiger partial charge in [0.2, 0.25) is 0 Å². The highest BCUT2D eigenvalue weighted by atomic mass is 35.5. The molecule has 16 heavy (non-hydrogen) atoms. The monoisotopic (exact) mass is 243 g/mol. The van der Waals surface area contributed by atoms with E-state index in [9.17, 15) is 4.39 Å². The molecule has 0 bridgehead atoms. The first-order valence-electron chi connectivity index (χ1n) is 5.72. The third-order valence-corrected chi connectivity index (χ3v) is 3.11. The Labute approximate surface area is 102 Å². The van der Waals surface area contributed by atoms with Gasteiger partial charge in [-0.05, 0) is 30.2 Å². The van der Waals surface area contributed by atoms with Crippen LogP contribution in [0.5, 0.6) is 0 Å². The Morgan fingerprint density at radius 3 is 2.56 bits per heavy atom. The van der Waals surface area contributed by atoms with Crippen LogP contribution in [0.3, 0.4) is 0 Å². The molecule has 0 spiro atoms. The number of nitrogens with one attached hydrogen (secondary N) is 1. The van der Waals surface area contributed by atoms with Gasteiger partial charge in [0, 0.05) is 17.5 Å². The van der Waals surface area contributed by atoms with E-state index in [4.69, 9.17) is 11.6 Å². The van der Waals surface area contributed by atoms with Gasteiger partial charge in [-0.25, -0.2) is 4.39 Å². The molecule has 0 saturated heterocycles. The molecule has 1 aromatic rings. The number of likely N-dealkylation sites (N-methyl/N-ethyl adjacent to an activating group) is 1. The quantitative estimate of drug-likeness (QED) is 0.829. The van der Waals surface area contributed by atoms with Crippen LogP contribution in [0.15, 0.2) is 18.2 Å². The summed E-state index contributed by atoms with van der Waals surface area (Å²) in [5, 5.41) is 3.84. The van der Waals surface area contributed by atoms with E-state index in [1.807, 2.05) is 0 Å². The van der Waals surface area contributed by atoms with Crippen LogP contribution >= 0.6 is 11.6 Å². The van der Waals surface area contributed by atoms with Gasteiger partial charge in [-0.15, -0.1) is 0 Å². The van der Waals surface area contributed by atoms with Crippen molar-refractivity contribution in [2.24, 2.45) is 5.92 Å². The Hall–Kier alpha value is -0.600. The van der Waals surface area contributed by atoms with Gasteiger partial charge in [0.25, 0.3) is 0 Å². The van der Waals surface area contributed by atoms with Crippen LogP contribution in [0.2, 0.25) is 5.02 Å². The molecule has 3 heteroatoms. The van der Waals surface area contributed by atoms with Crippen molar-refractivity contribution in [2.45, 2.75) is 26.7 Å². The van der Waals surface area contributed by atoms with E-state index in [0.717, 1.165) is 18.7 Å². The smallest absolute Gasteiger partial charge is 0.124 e. The van der Waals surface area contributed by atoms with Crippen molar-refractivity contribution < 1.29 is 4.39 Å². The molecular formula is C13H19ClFN. The third kappa shape index (κ3) is 3.46. The van der Waals surface area contributed by atoms with Crippen LogP contribution in [0.25, 0.3) is 0 Å². The topological polar surface area (TPSA) is 12.0 Å². The van der Waals surface area contributed by atoms with Crippen molar-refractivity contribution in [2.75, 3.05) is 13.1 Å². The Bertz CT molecular complexity index is 339. The molecule has 90 valence electrons. The average Bonchev–Trinajstić information content (AvgIpc) is 2.20. The largest absolute Gasteiger partial charge is 0.316 e. The predicted octanol–water partition coefficient (Wildman–Crippen LogP) is 3.83. The second-order valence-electron chi connectivity index (χ2n) is 4.32. The highest BCUT2D eigenvalue weighted by molar-refractivity contribution is 6.31. The van der Waals surface area contributed by atoms with Gasteiger partial charge < -0.3 is 5.32 Å². The van der Waals surface area contributed by atoms with Crippen molar-refractivity contribution in [3.8, 4) is 0 Å². The second-order valence-corrected chi connectivity index (χ2v) is 4.73. The highest BCUT2D eigenvalue weighted by Gasteiger charge is 2.18. The van der Waals surface area contributed by atoms with Crippen molar-refractivity contribution in [1.29, 1.82) is 0 Å². The van der Waals surface area contributed by atoms with Gasteiger partial charge in [-0.3, -0.25) is 0 Å². The standard InChI is InChI=1S/C13H19ClFN/c1-4-16-8-12(9(2)3)11-6-5-10(15)7-13(11)14/h5-7,9,12,16H,4,8H2,1-3H3. The van der Waals surface area contributed by atoms with E-state index >= 15 is 0 Å². The lowest BCUT2D eigenvalue weighted by Crippen LogP contribution is -2.24. The fraction of sp³-hybridized carbons (Fsp3) is 0.538. The molecular weight excluding hydrogens is 225 g/mol. The molecule has 0 amide bonds. The summed E-state index contributed by atoms with van der Waals surface area (Å²) in [6.45, 7) is 8.19. The predicted molar refractivity (Wildman–Crippen MR) is 67.5 cm³/mol. The summed E-state index contributed by atoms with van der Waals surface area (Å²) in [7, 11) is 0. The fourth-order valence-corrected chi connectivity index (χ4v) is 2.11. The van der Waals surface area contributed by atoms with E-state index in [1.165, 1.54) is 12.1 Å². The van der Waals surface area contributed by atoms with E-state index in [-0.39, 0.29) is 5.82 Å². The zero-order valence-corrected chi connectivity index (χ0v) is 10.8. The van der Waals surface area contributed by atoms with Gasteiger partial charge in [-0.2, -0.15) is 0 Å². The van der Waals surface area contributed by atoms with Crippen LogP contribution in [0.4, 0.5) is 4.39 Å². The SMILES string of the molecule is CCNCC(c1ccc(F)cc1Cl)C(C)C. The van der Waals surface area contributed by atoms with E-state index in [0.29, 0.717) is 16.9 Å². The maximum Gasteiger partial charge on any atom is 0.124 e. The molecule has 0 saturated carbocycles. The van der Waals surface area contributed by atoms with Crippen LogP contribution in [0.1, 0.15) is 32.3 Å². The lowest BCUT2D eigenvalue weighted by molar-refractivity contribution is 0.467. The number of benzene rings is 1. The Morgan fingerprint density at radius 1 is 1.38 bits per heavy atom. The van der Waals surface area contributed by atoms with Crippen molar-refractivity contribution in [3.05, 3.63) is 34.6 Å². The number of halogens is 2. The molecule has 1 rings (SSSR count). The zero-order chi connectivity index (χ0) is 12.1. The minimum Gasteiger partial charge on any atom is -0.316 e. The number of hydrogen-bond donors (Lipinski definition) is 1. The van der Waals surface area contributed by atoms with Gasteiger partial charge in [0.1, 0.15) is 5.82 Å². The second kappa shape index (κ2) is 6.21. The van der Waals surface area contributed by atoms with Crippen LogP contribution in [0, 0.1) is 11.7 Å². The molecule has 0 heterocycles. The molecule has 1 N–H and O–H groups in total. The molecule has 0 radical (unpaired) electrons. The Morgan fingerprint density at radius 2 is 2.06 bits per heavy atom. The third-order valence-electron chi connectivity index (χ3n) is 2.78. The van der Waals surface area contributed by atoms with E-state index in [1.54, 1.807) is 6.07 Å². The molecule has 1 unspecified atom stereocenters. The number of rotatable bonds is 5. The molecule has 0 aliphatic heterocycles. The summed E-state index contributed by atoms with van der Waals surface area (Å²) < 4.78 is 13.0. The minimum absolute atomic E-state index is 0.278. The van der Waals surface area contributed by atoms with Crippen molar-refractivity contribution in [1.82, 2.24) is 5.32 Å². The van der Waals surface area contributed by atoms with E-state index in [2.05, 4.69) is 26.1 Å². The Balaban J connectivity index is 2.92. The van der Waals surface area contributed by atoms with Crippen molar-refractivity contribution >= 4 is 11.6 Å². The highest BCUT2D eigenvalue weighted by Crippen LogP contribution is 2.30. The van der Waals surface area contributed by atoms with Crippen LogP contribution < -0.4 is 5.32 Å². The molecule has 0 aliphatic rings. The first-order chi connectivity index (χ1) is 7.56.